The minimum absolute atomic E-state index is 0.197. The predicted molar refractivity (Wildman–Crippen MR) is 187 cm³/mol. The fourth-order valence-corrected chi connectivity index (χ4v) is 5.73. The number of H-pyrrole nitrogens is 1. The molecule has 0 bridgehead atoms. The number of hydrogen-bond acceptors (Lipinski definition) is 6. The summed E-state index contributed by atoms with van der Waals surface area (Å²) < 4.78 is 8.51. The Bertz CT molecular complexity index is 1990. The summed E-state index contributed by atoms with van der Waals surface area (Å²) in [6.45, 7) is 9.43. The number of benzene rings is 3. The Kier molecular flexibility index (Phi) is 10.0. The number of carbonyl (C=O) groups is 2. The van der Waals surface area contributed by atoms with Crippen molar-refractivity contribution in [2.24, 2.45) is 0 Å². The molecule has 1 aliphatic rings. The molecule has 0 saturated carbocycles. The van der Waals surface area contributed by atoms with Crippen LogP contribution in [0.15, 0.2) is 101 Å². The zero-order chi connectivity index (χ0) is 34.4. The van der Waals surface area contributed by atoms with Gasteiger partial charge in [-0.2, -0.15) is 0 Å². The van der Waals surface area contributed by atoms with Crippen LogP contribution in [0, 0.1) is 13.8 Å². The van der Waals surface area contributed by atoms with Crippen molar-refractivity contribution < 1.29 is 14.3 Å². The largest absolute Gasteiger partial charge is 0.457 e. The molecule has 3 N–H and O–H groups in total. The van der Waals surface area contributed by atoms with Gasteiger partial charge in [-0.05, 0) is 32.4 Å². The van der Waals surface area contributed by atoms with Crippen LogP contribution in [0.2, 0.25) is 0 Å². The monoisotopic (exact) mass is 645 g/mol. The fraction of sp³-hybridized carbons (Fsp3) is 0.237. The van der Waals surface area contributed by atoms with E-state index in [-0.39, 0.29) is 11.8 Å². The number of ether oxygens (including phenoxy) is 1. The summed E-state index contributed by atoms with van der Waals surface area (Å²) in [5, 5.41) is 5.03. The number of nitrogens with one attached hydrogen (secondary N) is 3. The first-order valence-electron chi connectivity index (χ1n) is 15.9. The maximum absolute atomic E-state index is 13.1. The Hall–Kier alpha value is -5.77. The molecule has 48 heavy (non-hydrogen) atoms. The highest BCUT2D eigenvalue weighted by Gasteiger charge is 2.46. The number of unbranched alkanes of at least 4 members (excludes halogenated alkanes) is 1. The summed E-state index contributed by atoms with van der Waals surface area (Å²) in [5.41, 5.74) is 4.33. The summed E-state index contributed by atoms with van der Waals surface area (Å²) in [6, 6.07) is 29.4. The lowest BCUT2D eigenvalue weighted by Crippen LogP contribution is -2.43. The third kappa shape index (κ3) is 6.97. The fourth-order valence-electron chi connectivity index (χ4n) is 5.73. The third-order valence-corrected chi connectivity index (χ3v) is 7.99. The number of amides is 2. The molecular weight excluding hydrogens is 606 g/mol. The van der Waals surface area contributed by atoms with Crippen LogP contribution in [-0.4, -0.2) is 26.3 Å². The standard InChI is InChI=1S/C29H28N2O3.C9H11N3O2/c1-4-5-18-31-27-25(26(32)30-28(31)33)23-8-6-7-9-24(23)29(34-27,21-14-10-19(2)11-15-21)22-16-12-20(3)13-17-22;1-6(13)10-8-4-3-5-9(12-8)11-7(2)14/h6-17H,4-5,18H2,1-3H3,(H,30,32,33);3-5H,1-2H3,(H2,10,11,12,13,14). The van der Waals surface area contributed by atoms with Crippen LogP contribution in [0.25, 0.3) is 11.1 Å². The Morgan fingerprint density at radius 2 is 1.33 bits per heavy atom. The molecule has 1 aliphatic heterocycles. The van der Waals surface area contributed by atoms with Crippen LogP contribution < -0.4 is 26.6 Å². The van der Waals surface area contributed by atoms with Crippen LogP contribution in [0.1, 0.15) is 61.4 Å². The van der Waals surface area contributed by atoms with E-state index in [0.717, 1.165) is 46.2 Å². The van der Waals surface area contributed by atoms with Crippen molar-refractivity contribution >= 4 is 23.5 Å². The maximum atomic E-state index is 13.1. The van der Waals surface area contributed by atoms with Crippen molar-refractivity contribution in [2.45, 2.75) is 59.6 Å². The molecule has 2 amide bonds. The Morgan fingerprint density at radius 1 is 0.792 bits per heavy atom. The number of aryl methyl sites for hydroxylation is 2. The van der Waals surface area contributed by atoms with E-state index in [2.05, 4.69) is 89.9 Å². The molecule has 0 unspecified atom stereocenters. The highest BCUT2D eigenvalue weighted by molar-refractivity contribution is 5.90. The van der Waals surface area contributed by atoms with Crippen LogP contribution in [0.3, 0.4) is 0 Å². The highest BCUT2D eigenvalue weighted by atomic mass is 16.5. The number of anilines is 2. The van der Waals surface area contributed by atoms with Crippen molar-refractivity contribution in [3.63, 3.8) is 0 Å². The summed E-state index contributed by atoms with van der Waals surface area (Å²) in [4.78, 5) is 53.9. The molecule has 5 aromatic rings. The highest BCUT2D eigenvalue weighted by Crippen LogP contribution is 2.50. The lowest BCUT2D eigenvalue weighted by atomic mass is 9.75. The van der Waals surface area contributed by atoms with Gasteiger partial charge in [0.1, 0.15) is 17.2 Å². The second kappa shape index (κ2) is 14.3. The van der Waals surface area contributed by atoms with E-state index < -0.39 is 16.9 Å². The molecule has 0 aliphatic carbocycles. The second-order valence-corrected chi connectivity index (χ2v) is 11.8. The number of rotatable bonds is 7. The first kappa shape index (κ1) is 33.6. The average molecular weight is 646 g/mol. The van der Waals surface area contributed by atoms with Crippen LogP contribution in [0.5, 0.6) is 5.88 Å². The molecular formula is C38H39N5O5. The molecule has 0 radical (unpaired) electrons. The molecule has 3 heterocycles. The van der Waals surface area contributed by atoms with E-state index in [1.165, 1.54) is 13.8 Å². The first-order valence-corrected chi connectivity index (χ1v) is 15.9. The maximum Gasteiger partial charge on any atom is 0.331 e. The lowest BCUT2D eigenvalue weighted by Gasteiger charge is -2.41. The van der Waals surface area contributed by atoms with E-state index in [9.17, 15) is 19.2 Å². The third-order valence-electron chi connectivity index (χ3n) is 7.99. The van der Waals surface area contributed by atoms with E-state index in [4.69, 9.17) is 4.74 Å². The molecule has 0 saturated heterocycles. The normalized spacial score (nSPS) is 12.4. The zero-order valence-electron chi connectivity index (χ0n) is 27.7. The van der Waals surface area contributed by atoms with Gasteiger partial charge < -0.3 is 15.4 Å². The molecule has 0 spiro atoms. The molecule has 3 aromatic carbocycles. The van der Waals surface area contributed by atoms with E-state index in [0.29, 0.717) is 29.6 Å². The van der Waals surface area contributed by atoms with E-state index in [1.54, 1.807) is 22.8 Å². The molecule has 0 fully saturated rings. The van der Waals surface area contributed by atoms with Crippen LogP contribution in [0.4, 0.5) is 11.6 Å². The Morgan fingerprint density at radius 3 is 1.85 bits per heavy atom. The number of aromatic amines is 1. The summed E-state index contributed by atoms with van der Waals surface area (Å²) >= 11 is 0. The van der Waals surface area contributed by atoms with Gasteiger partial charge in [0.15, 0.2) is 5.60 Å². The quantitative estimate of drug-likeness (QED) is 0.190. The SMILES string of the molecule is CC(=O)Nc1cccc(NC(C)=O)n1.CCCCn1c2c(c(=O)[nH]c1=O)-c1ccccc1C(c1ccc(C)cc1)(c1ccc(C)cc1)O2. The number of fused-ring (bicyclic) bond motifs is 3. The molecule has 10 heteroatoms. The summed E-state index contributed by atoms with van der Waals surface area (Å²) in [6.07, 6.45) is 1.71. The van der Waals surface area contributed by atoms with Gasteiger partial charge in [0.2, 0.25) is 17.7 Å². The van der Waals surface area contributed by atoms with E-state index >= 15 is 0 Å². The number of pyridine rings is 1. The lowest BCUT2D eigenvalue weighted by molar-refractivity contribution is -0.115. The molecule has 246 valence electrons. The average Bonchev–Trinajstić information content (AvgIpc) is 3.04. The summed E-state index contributed by atoms with van der Waals surface area (Å²) in [7, 11) is 0. The van der Waals surface area contributed by atoms with Crippen molar-refractivity contribution in [2.75, 3.05) is 10.6 Å². The topological polar surface area (TPSA) is 135 Å². The number of nitrogens with zero attached hydrogens (tertiary/aromatic N) is 2. The van der Waals surface area contributed by atoms with Crippen molar-refractivity contribution in [1.29, 1.82) is 0 Å². The molecule has 6 rings (SSSR count). The van der Waals surface area contributed by atoms with Gasteiger partial charge in [0, 0.05) is 42.6 Å². The minimum atomic E-state index is -1.01. The smallest absolute Gasteiger partial charge is 0.331 e. The van der Waals surface area contributed by atoms with Gasteiger partial charge in [0.25, 0.3) is 5.56 Å². The Labute approximate surface area is 278 Å². The Balaban J connectivity index is 0.000000271. The van der Waals surface area contributed by atoms with Gasteiger partial charge in [-0.15, -0.1) is 0 Å². The predicted octanol–water partition coefficient (Wildman–Crippen LogP) is 6.30. The molecule has 2 aromatic heterocycles. The minimum Gasteiger partial charge on any atom is -0.457 e. The van der Waals surface area contributed by atoms with Gasteiger partial charge in [-0.25, -0.2) is 9.78 Å². The number of hydrogen-bond donors (Lipinski definition) is 3. The zero-order valence-corrected chi connectivity index (χ0v) is 27.7. The van der Waals surface area contributed by atoms with Crippen LogP contribution in [-0.2, 0) is 21.7 Å². The summed E-state index contributed by atoms with van der Waals surface area (Å²) in [5.74, 6) is 0.768. The van der Waals surface area contributed by atoms with Crippen molar-refractivity contribution in [1.82, 2.24) is 14.5 Å². The number of carbonyl (C=O) groups excluding carboxylic acids is 2. The molecule has 0 atom stereocenters. The second-order valence-electron chi connectivity index (χ2n) is 11.8. The van der Waals surface area contributed by atoms with Gasteiger partial charge in [0.05, 0.1) is 0 Å². The van der Waals surface area contributed by atoms with Gasteiger partial charge >= 0.3 is 5.69 Å². The van der Waals surface area contributed by atoms with Crippen molar-refractivity contribution in [3.05, 3.63) is 140 Å². The van der Waals surface area contributed by atoms with Crippen LogP contribution >= 0.6 is 0 Å². The number of aromatic nitrogens is 3. The molecule has 10 nitrogen and oxygen atoms in total. The first-order chi connectivity index (χ1) is 23.0. The van der Waals surface area contributed by atoms with Gasteiger partial charge in [-0.3, -0.25) is 23.9 Å². The van der Waals surface area contributed by atoms with E-state index in [1.807, 2.05) is 24.3 Å². The van der Waals surface area contributed by atoms with Gasteiger partial charge in [-0.1, -0.05) is 103 Å². The van der Waals surface area contributed by atoms with Crippen molar-refractivity contribution in [3.8, 4) is 17.0 Å².